The second-order valence-electron chi connectivity index (χ2n) is 6.19. The molecule has 2 rings (SSSR count). The second kappa shape index (κ2) is 8.22. The largest absolute Gasteiger partial charge is 0.481 e. The highest BCUT2D eigenvalue weighted by atomic mass is 19.4. The first-order chi connectivity index (χ1) is 11.8. The zero-order chi connectivity index (χ0) is 18.4. The van der Waals surface area contributed by atoms with E-state index in [4.69, 9.17) is 5.11 Å². The van der Waals surface area contributed by atoms with E-state index in [2.05, 4.69) is 10.6 Å². The van der Waals surface area contributed by atoms with Gasteiger partial charge < -0.3 is 15.7 Å². The highest BCUT2D eigenvalue weighted by molar-refractivity contribution is 5.74. The highest BCUT2D eigenvalue weighted by Crippen LogP contribution is 2.31. The van der Waals surface area contributed by atoms with E-state index in [0.29, 0.717) is 25.7 Å². The number of rotatable bonds is 5. The van der Waals surface area contributed by atoms with Crippen molar-refractivity contribution in [1.82, 2.24) is 10.6 Å². The van der Waals surface area contributed by atoms with Gasteiger partial charge in [-0.2, -0.15) is 13.2 Å². The van der Waals surface area contributed by atoms with E-state index in [1.165, 1.54) is 18.2 Å². The average molecular weight is 358 g/mol. The Morgan fingerprint density at radius 2 is 1.76 bits per heavy atom. The van der Waals surface area contributed by atoms with Gasteiger partial charge in [0.2, 0.25) is 0 Å². The van der Waals surface area contributed by atoms with E-state index >= 15 is 0 Å². The van der Waals surface area contributed by atoms with Gasteiger partial charge in [0.25, 0.3) is 0 Å². The lowest BCUT2D eigenvalue weighted by Gasteiger charge is -2.26. The van der Waals surface area contributed by atoms with Crippen molar-refractivity contribution in [3.63, 3.8) is 0 Å². The number of carboxylic acids is 1. The van der Waals surface area contributed by atoms with Crippen LogP contribution in [-0.4, -0.2) is 29.7 Å². The summed E-state index contributed by atoms with van der Waals surface area (Å²) in [5.74, 6) is -1.17. The van der Waals surface area contributed by atoms with E-state index in [0.717, 1.165) is 6.07 Å². The molecule has 5 nitrogen and oxygen atoms in total. The number of hydrogen-bond donors (Lipinski definition) is 3. The Morgan fingerprint density at radius 3 is 2.36 bits per heavy atom. The molecule has 1 aliphatic carbocycles. The van der Waals surface area contributed by atoms with Gasteiger partial charge in [0, 0.05) is 12.6 Å². The standard InChI is InChI=1S/C17H21F3N2O3/c18-17(19,20)14-4-2-1-3-11(14)9-10-21-16(25)22-13-7-5-12(6-8-13)15(23)24/h1-4,12-13H,5-10H2,(H,23,24)(H2,21,22,25). The molecule has 1 aliphatic rings. The molecule has 1 aromatic rings. The number of amides is 2. The lowest BCUT2D eigenvalue weighted by Crippen LogP contribution is -2.44. The summed E-state index contributed by atoms with van der Waals surface area (Å²) in [6.45, 7) is 0.0867. The molecule has 0 bridgehead atoms. The molecule has 1 aromatic carbocycles. The van der Waals surface area contributed by atoms with Gasteiger partial charge in [-0.3, -0.25) is 4.79 Å². The number of aliphatic carboxylic acids is 1. The van der Waals surface area contributed by atoms with Crippen LogP contribution in [-0.2, 0) is 17.4 Å². The van der Waals surface area contributed by atoms with E-state index < -0.39 is 23.7 Å². The van der Waals surface area contributed by atoms with Crippen LogP contribution in [0, 0.1) is 5.92 Å². The molecule has 2 amide bonds. The minimum Gasteiger partial charge on any atom is -0.481 e. The third-order valence-corrected chi connectivity index (χ3v) is 4.41. The molecule has 0 saturated heterocycles. The minimum atomic E-state index is -4.42. The summed E-state index contributed by atoms with van der Waals surface area (Å²) in [6, 6.07) is 4.75. The fourth-order valence-electron chi connectivity index (χ4n) is 3.05. The van der Waals surface area contributed by atoms with Crippen molar-refractivity contribution >= 4 is 12.0 Å². The number of alkyl halides is 3. The fourth-order valence-corrected chi connectivity index (χ4v) is 3.05. The summed E-state index contributed by atoms with van der Waals surface area (Å²) in [4.78, 5) is 22.7. The molecular weight excluding hydrogens is 337 g/mol. The molecule has 8 heteroatoms. The van der Waals surface area contributed by atoms with Crippen molar-refractivity contribution < 1.29 is 27.9 Å². The number of carboxylic acid groups (broad SMARTS) is 1. The van der Waals surface area contributed by atoms with Crippen LogP contribution in [0.5, 0.6) is 0 Å². The molecule has 138 valence electrons. The van der Waals surface area contributed by atoms with Gasteiger partial charge in [-0.15, -0.1) is 0 Å². The maximum atomic E-state index is 12.9. The van der Waals surface area contributed by atoms with Gasteiger partial charge >= 0.3 is 18.2 Å². The van der Waals surface area contributed by atoms with E-state index in [9.17, 15) is 22.8 Å². The van der Waals surface area contributed by atoms with Crippen LogP contribution >= 0.6 is 0 Å². The van der Waals surface area contributed by atoms with Gasteiger partial charge in [0.05, 0.1) is 11.5 Å². The first-order valence-electron chi connectivity index (χ1n) is 8.19. The summed E-state index contributed by atoms with van der Waals surface area (Å²) >= 11 is 0. The maximum Gasteiger partial charge on any atom is 0.416 e. The van der Waals surface area contributed by atoms with Crippen LogP contribution in [0.4, 0.5) is 18.0 Å². The number of urea groups is 1. The monoisotopic (exact) mass is 358 g/mol. The minimum absolute atomic E-state index is 0.0782. The summed E-state index contributed by atoms with van der Waals surface area (Å²) in [6.07, 6.45) is -2.14. The fraction of sp³-hybridized carbons (Fsp3) is 0.529. The number of benzene rings is 1. The van der Waals surface area contributed by atoms with Gasteiger partial charge in [-0.05, 0) is 43.7 Å². The lowest BCUT2D eigenvalue weighted by molar-refractivity contribution is -0.143. The zero-order valence-corrected chi connectivity index (χ0v) is 13.6. The van der Waals surface area contributed by atoms with Crippen molar-refractivity contribution in [3.05, 3.63) is 35.4 Å². The first-order valence-corrected chi connectivity index (χ1v) is 8.19. The van der Waals surface area contributed by atoms with Crippen LogP contribution in [0.3, 0.4) is 0 Å². The smallest absolute Gasteiger partial charge is 0.416 e. The highest BCUT2D eigenvalue weighted by Gasteiger charge is 2.32. The van der Waals surface area contributed by atoms with Gasteiger partial charge in [0.15, 0.2) is 0 Å². The number of nitrogens with one attached hydrogen (secondary N) is 2. The van der Waals surface area contributed by atoms with E-state index in [1.54, 1.807) is 0 Å². The molecule has 0 heterocycles. The molecule has 0 spiro atoms. The molecule has 1 fully saturated rings. The number of carbonyl (C=O) groups excluding carboxylic acids is 1. The van der Waals surface area contributed by atoms with Crippen molar-refractivity contribution in [2.45, 2.75) is 44.3 Å². The summed E-state index contributed by atoms with van der Waals surface area (Å²) in [5.41, 5.74) is -0.554. The van der Waals surface area contributed by atoms with Crippen LogP contribution in [0.15, 0.2) is 24.3 Å². The third-order valence-electron chi connectivity index (χ3n) is 4.41. The first kappa shape index (κ1) is 19.1. The van der Waals surface area contributed by atoms with Crippen LogP contribution in [0.1, 0.15) is 36.8 Å². The van der Waals surface area contributed by atoms with Crippen molar-refractivity contribution in [1.29, 1.82) is 0 Å². The molecular formula is C17H21F3N2O3. The van der Waals surface area contributed by atoms with Crippen molar-refractivity contribution in [2.24, 2.45) is 5.92 Å². The zero-order valence-electron chi connectivity index (χ0n) is 13.6. The molecule has 3 N–H and O–H groups in total. The van der Waals surface area contributed by atoms with Gasteiger partial charge in [0.1, 0.15) is 0 Å². The predicted octanol–water partition coefficient (Wildman–Crippen LogP) is 3.19. The molecule has 0 aromatic heterocycles. The normalized spacial score (nSPS) is 20.8. The maximum absolute atomic E-state index is 12.9. The van der Waals surface area contributed by atoms with Crippen molar-refractivity contribution in [2.75, 3.05) is 6.54 Å². The summed E-state index contributed by atoms with van der Waals surface area (Å²) < 4.78 is 38.7. The Morgan fingerprint density at radius 1 is 1.12 bits per heavy atom. The molecule has 1 saturated carbocycles. The van der Waals surface area contributed by atoms with Crippen LogP contribution < -0.4 is 10.6 Å². The SMILES string of the molecule is O=C(NCCc1ccccc1C(F)(F)F)NC1CCC(C(=O)O)CC1. The third kappa shape index (κ3) is 5.65. The number of halogens is 3. The average Bonchev–Trinajstić information content (AvgIpc) is 2.55. The Kier molecular flexibility index (Phi) is 6.27. The van der Waals surface area contributed by atoms with Crippen LogP contribution in [0.2, 0.25) is 0 Å². The molecule has 0 radical (unpaired) electrons. The topological polar surface area (TPSA) is 78.4 Å². The van der Waals surface area contributed by atoms with E-state index in [-0.39, 0.29) is 30.5 Å². The molecule has 25 heavy (non-hydrogen) atoms. The number of hydrogen-bond acceptors (Lipinski definition) is 2. The summed E-state index contributed by atoms with van der Waals surface area (Å²) in [5, 5.41) is 14.2. The lowest BCUT2D eigenvalue weighted by atomic mass is 9.86. The van der Waals surface area contributed by atoms with Gasteiger partial charge in [-0.1, -0.05) is 18.2 Å². The quantitative estimate of drug-likeness (QED) is 0.756. The Balaban J connectivity index is 1.76. The summed E-state index contributed by atoms with van der Waals surface area (Å²) in [7, 11) is 0. The van der Waals surface area contributed by atoms with E-state index in [1.807, 2.05) is 0 Å². The second-order valence-corrected chi connectivity index (χ2v) is 6.19. The molecule has 0 unspecified atom stereocenters. The predicted molar refractivity (Wildman–Crippen MR) is 85.1 cm³/mol. The Hall–Kier alpha value is -2.25. The van der Waals surface area contributed by atoms with Gasteiger partial charge in [-0.25, -0.2) is 4.79 Å². The van der Waals surface area contributed by atoms with Crippen LogP contribution in [0.25, 0.3) is 0 Å². The number of carbonyl (C=O) groups is 2. The molecule has 0 aliphatic heterocycles. The van der Waals surface area contributed by atoms with Crippen molar-refractivity contribution in [3.8, 4) is 0 Å². The molecule has 0 atom stereocenters. The Bertz CT molecular complexity index is 611. The Labute approximate surface area is 143 Å².